The van der Waals surface area contributed by atoms with Crippen molar-refractivity contribution in [2.75, 3.05) is 12.4 Å². The number of rotatable bonds is 5. The molecule has 0 fully saturated rings. The van der Waals surface area contributed by atoms with Crippen LogP contribution in [0, 0.1) is 0 Å². The molecule has 0 spiro atoms. The Morgan fingerprint density at radius 2 is 2.00 bits per heavy atom. The minimum atomic E-state index is -2.44. The van der Waals surface area contributed by atoms with E-state index in [1.54, 1.807) is 31.3 Å². The van der Waals surface area contributed by atoms with Gasteiger partial charge in [0.15, 0.2) is 0 Å². The zero-order valence-corrected chi connectivity index (χ0v) is 9.84. The number of amides is 1. The Bertz CT molecular complexity index is 383. The second kappa shape index (κ2) is 6.18. The van der Waals surface area contributed by atoms with Crippen LogP contribution in [0.15, 0.2) is 24.3 Å². The maximum absolute atomic E-state index is 12.4. The molecular formula is C12H16F2N2O. The Hall–Kier alpha value is -1.65. The molecule has 0 saturated carbocycles. The number of anilines is 1. The van der Waals surface area contributed by atoms with Gasteiger partial charge in [0, 0.05) is 12.7 Å². The summed E-state index contributed by atoms with van der Waals surface area (Å²) < 4.78 is 24.9. The largest absolute Gasteiger partial charge is 0.377 e. The number of carbonyl (C=O) groups is 1. The Morgan fingerprint density at radius 3 is 2.59 bits per heavy atom. The van der Waals surface area contributed by atoms with E-state index in [0.29, 0.717) is 11.3 Å². The van der Waals surface area contributed by atoms with Crippen LogP contribution in [0.1, 0.15) is 12.5 Å². The maximum atomic E-state index is 12.4. The lowest BCUT2D eigenvalue weighted by atomic mass is 10.1. The third-order valence-corrected chi connectivity index (χ3v) is 2.41. The summed E-state index contributed by atoms with van der Waals surface area (Å²) >= 11 is 0. The quantitative estimate of drug-likeness (QED) is 0.829. The average Bonchev–Trinajstić information content (AvgIpc) is 2.31. The highest BCUT2D eigenvalue weighted by molar-refractivity contribution is 5.80. The summed E-state index contributed by atoms with van der Waals surface area (Å²) in [7, 11) is 1.54. The first kappa shape index (κ1) is 13.4. The summed E-state index contributed by atoms with van der Waals surface area (Å²) in [5.41, 5.74) is 1.28. The number of alkyl halides is 2. The third-order valence-electron chi connectivity index (χ3n) is 2.41. The summed E-state index contributed by atoms with van der Waals surface area (Å²) in [6.07, 6.45) is -2.27. The number of nitrogens with one attached hydrogen (secondary N) is 2. The van der Waals surface area contributed by atoms with Gasteiger partial charge in [0.1, 0.15) is 0 Å². The predicted molar refractivity (Wildman–Crippen MR) is 63.3 cm³/mol. The van der Waals surface area contributed by atoms with Crippen LogP contribution in [0.25, 0.3) is 0 Å². The molecule has 5 heteroatoms. The first-order valence-electron chi connectivity index (χ1n) is 5.37. The highest BCUT2D eigenvalue weighted by atomic mass is 19.3. The van der Waals surface area contributed by atoms with Gasteiger partial charge in [0.05, 0.1) is 12.5 Å². The summed E-state index contributed by atoms with van der Waals surface area (Å²) in [4.78, 5) is 11.3. The topological polar surface area (TPSA) is 41.1 Å². The number of hydrogen-bond acceptors (Lipinski definition) is 2. The van der Waals surface area contributed by atoms with Gasteiger partial charge in [0.2, 0.25) is 5.91 Å². The highest BCUT2D eigenvalue weighted by Gasteiger charge is 2.15. The van der Waals surface area contributed by atoms with Gasteiger partial charge >= 0.3 is 0 Å². The van der Waals surface area contributed by atoms with Gasteiger partial charge in [-0.2, -0.15) is 0 Å². The van der Waals surface area contributed by atoms with Gasteiger partial charge < -0.3 is 10.6 Å². The lowest BCUT2D eigenvalue weighted by Gasteiger charge is -2.17. The molecule has 0 aliphatic heterocycles. The van der Waals surface area contributed by atoms with E-state index in [2.05, 4.69) is 10.6 Å². The van der Waals surface area contributed by atoms with Gasteiger partial charge in [-0.1, -0.05) is 18.2 Å². The molecule has 0 bridgehead atoms. The molecule has 94 valence electrons. The molecule has 2 N–H and O–H groups in total. The van der Waals surface area contributed by atoms with Crippen LogP contribution in [-0.2, 0) is 11.2 Å². The minimum absolute atomic E-state index is 0.149. The summed E-state index contributed by atoms with van der Waals surface area (Å²) in [5, 5.41) is 5.21. The molecule has 1 unspecified atom stereocenters. The van der Waals surface area contributed by atoms with Crippen LogP contribution in [0.3, 0.4) is 0 Å². The molecule has 1 rings (SSSR count). The average molecular weight is 242 g/mol. The minimum Gasteiger partial charge on any atom is -0.377 e. The molecule has 1 amide bonds. The van der Waals surface area contributed by atoms with Crippen molar-refractivity contribution in [1.82, 2.24) is 5.32 Å². The Labute approximate surface area is 99.2 Å². The van der Waals surface area contributed by atoms with E-state index < -0.39 is 12.5 Å². The van der Waals surface area contributed by atoms with Gasteiger partial charge in [-0.3, -0.25) is 4.79 Å². The zero-order valence-electron chi connectivity index (χ0n) is 9.84. The molecule has 1 aromatic rings. The molecule has 1 atom stereocenters. The molecule has 0 radical (unpaired) electrons. The molecule has 0 heterocycles. The predicted octanol–water partition coefficient (Wildman–Crippen LogP) is 2.04. The fourth-order valence-electron chi connectivity index (χ4n) is 1.38. The van der Waals surface area contributed by atoms with E-state index >= 15 is 0 Å². The first-order valence-corrected chi connectivity index (χ1v) is 5.37. The summed E-state index contributed by atoms with van der Waals surface area (Å²) in [6.45, 7) is 1.40. The molecule has 17 heavy (non-hydrogen) atoms. The second-order valence-electron chi connectivity index (χ2n) is 3.77. The summed E-state index contributed by atoms with van der Waals surface area (Å²) in [6, 6.07) is 6.01. The van der Waals surface area contributed by atoms with Gasteiger partial charge in [-0.15, -0.1) is 0 Å². The number of benzene rings is 1. The zero-order chi connectivity index (χ0) is 12.8. The summed E-state index contributed by atoms with van der Waals surface area (Å²) in [5.74, 6) is -0.149. The van der Waals surface area contributed by atoms with Crippen molar-refractivity contribution in [3.8, 4) is 0 Å². The molecule has 0 aromatic heterocycles. The van der Waals surface area contributed by atoms with Crippen LogP contribution in [0.2, 0.25) is 0 Å². The fourth-order valence-corrected chi connectivity index (χ4v) is 1.38. The van der Waals surface area contributed by atoms with E-state index in [9.17, 15) is 13.6 Å². The van der Waals surface area contributed by atoms with E-state index in [-0.39, 0.29) is 12.3 Å². The lowest BCUT2D eigenvalue weighted by Crippen LogP contribution is -2.25. The number of likely N-dealkylation sites (N-methyl/N-ethyl adjacent to an activating group) is 1. The smallest absolute Gasteiger partial charge is 0.258 e. The van der Waals surface area contributed by atoms with Gasteiger partial charge in [-0.05, 0) is 18.6 Å². The van der Waals surface area contributed by atoms with Gasteiger partial charge in [0.25, 0.3) is 6.43 Å². The van der Waals surface area contributed by atoms with Crippen molar-refractivity contribution in [3.05, 3.63) is 29.8 Å². The van der Waals surface area contributed by atoms with Gasteiger partial charge in [-0.25, -0.2) is 8.78 Å². The molecule has 0 aliphatic carbocycles. The Kier molecular flexibility index (Phi) is 4.87. The first-order chi connectivity index (χ1) is 8.04. The standard InChI is InChI=1S/C12H16F2N2O/c1-8(12(13)14)16-10-6-4-3-5-9(10)7-11(17)15-2/h3-6,8,12,16H,7H2,1-2H3,(H,15,17). The van der Waals surface area contributed by atoms with E-state index in [4.69, 9.17) is 0 Å². The molecule has 3 nitrogen and oxygen atoms in total. The van der Waals surface area contributed by atoms with Crippen LogP contribution in [-0.4, -0.2) is 25.4 Å². The lowest BCUT2D eigenvalue weighted by molar-refractivity contribution is -0.119. The Balaban J connectivity index is 2.80. The molecular weight excluding hydrogens is 226 g/mol. The Morgan fingerprint density at radius 1 is 1.35 bits per heavy atom. The number of hydrogen-bond donors (Lipinski definition) is 2. The maximum Gasteiger partial charge on any atom is 0.258 e. The van der Waals surface area contributed by atoms with Crippen LogP contribution in [0.5, 0.6) is 0 Å². The second-order valence-corrected chi connectivity index (χ2v) is 3.77. The van der Waals surface area contributed by atoms with Crippen molar-refractivity contribution in [1.29, 1.82) is 0 Å². The van der Waals surface area contributed by atoms with Crippen molar-refractivity contribution in [2.45, 2.75) is 25.8 Å². The molecule has 0 saturated heterocycles. The van der Waals surface area contributed by atoms with E-state index in [0.717, 1.165) is 0 Å². The van der Waals surface area contributed by atoms with E-state index in [1.165, 1.54) is 6.92 Å². The number of carbonyl (C=O) groups excluding carboxylic acids is 1. The highest BCUT2D eigenvalue weighted by Crippen LogP contribution is 2.18. The van der Waals surface area contributed by atoms with Crippen LogP contribution < -0.4 is 10.6 Å². The van der Waals surface area contributed by atoms with Crippen molar-refractivity contribution in [2.24, 2.45) is 0 Å². The normalized spacial score (nSPS) is 12.3. The SMILES string of the molecule is CNC(=O)Cc1ccccc1NC(C)C(F)F. The van der Waals surface area contributed by atoms with Crippen molar-refractivity contribution >= 4 is 11.6 Å². The monoisotopic (exact) mass is 242 g/mol. The van der Waals surface area contributed by atoms with Crippen LogP contribution in [0.4, 0.5) is 14.5 Å². The number of halogens is 2. The van der Waals surface area contributed by atoms with Crippen molar-refractivity contribution in [3.63, 3.8) is 0 Å². The van der Waals surface area contributed by atoms with Crippen molar-refractivity contribution < 1.29 is 13.6 Å². The fraction of sp³-hybridized carbons (Fsp3) is 0.417. The third kappa shape index (κ3) is 4.01. The van der Waals surface area contributed by atoms with Crippen LogP contribution >= 0.6 is 0 Å². The molecule has 0 aliphatic rings. The molecule has 1 aromatic carbocycles. The van der Waals surface area contributed by atoms with E-state index in [1.807, 2.05) is 0 Å². The number of para-hydroxylation sites is 1.